The van der Waals surface area contributed by atoms with Gasteiger partial charge in [0.15, 0.2) is 5.65 Å². The van der Waals surface area contributed by atoms with Crippen LogP contribution in [0.2, 0.25) is 0 Å². The van der Waals surface area contributed by atoms with Crippen LogP contribution < -0.4 is 10.1 Å². The van der Waals surface area contributed by atoms with Crippen LogP contribution in [0.15, 0.2) is 36.5 Å². The first-order chi connectivity index (χ1) is 12.1. The molecule has 25 heavy (non-hydrogen) atoms. The molecule has 1 aliphatic rings. The predicted molar refractivity (Wildman–Crippen MR) is 95.9 cm³/mol. The summed E-state index contributed by atoms with van der Waals surface area (Å²) in [6, 6.07) is 9.13. The summed E-state index contributed by atoms with van der Waals surface area (Å²) >= 11 is 0. The zero-order valence-corrected chi connectivity index (χ0v) is 14.3. The van der Waals surface area contributed by atoms with Crippen LogP contribution in [0.5, 0.6) is 5.75 Å². The zero-order valence-electron chi connectivity index (χ0n) is 14.3. The summed E-state index contributed by atoms with van der Waals surface area (Å²) in [5, 5.41) is 8.16. The molecule has 1 aromatic carbocycles. The van der Waals surface area contributed by atoms with E-state index in [4.69, 9.17) is 4.74 Å². The molecule has 4 rings (SSSR count). The molecule has 6 heteroatoms. The van der Waals surface area contributed by atoms with Gasteiger partial charge in [-0.05, 0) is 56.0 Å². The van der Waals surface area contributed by atoms with Crippen molar-refractivity contribution < 1.29 is 9.53 Å². The normalized spacial score (nSPS) is 13.8. The lowest BCUT2D eigenvalue weighted by Crippen LogP contribution is -2.12. The Morgan fingerprint density at radius 3 is 2.80 bits per heavy atom. The van der Waals surface area contributed by atoms with Gasteiger partial charge in [0.1, 0.15) is 5.75 Å². The van der Waals surface area contributed by atoms with Gasteiger partial charge in [0.2, 0.25) is 0 Å². The Morgan fingerprint density at radius 2 is 2.08 bits per heavy atom. The molecule has 1 amide bonds. The Balaban J connectivity index is 1.46. The highest BCUT2D eigenvalue weighted by Crippen LogP contribution is 2.29. The monoisotopic (exact) mass is 336 g/mol. The van der Waals surface area contributed by atoms with Gasteiger partial charge >= 0.3 is 0 Å². The largest absolute Gasteiger partial charge is 0.493 e. The molecule has 2 aromatic heterocycles. The molecule has 0 radical (unpaired) electrons. The number of anilines is 1. The molecule has 128 valence electrons. The Bertz CT molecular complexity index is 926. The van der Waals surface area contributed by atoms with Gasteiger partial charge in [-0.3, -0.25) is 9.48 Å². The van der Waals surface area contributed by atoms with E-state index in [0.717, 1.165) is 29.1 Å². The highest BCUT2D eigenvalue weighted by molar-refractivity contribution is 6.04. The SMILES string of the molecule is Cc1nn(C)c2ncc(NC(=O)c3ccc(OCC4CC4)cc3)cc12. The van der Waals surface area contributed by atoms with E-state index < -0.39 is 0 Å². The van der Waals surface area contributed by atoms with Crippen molar-refractivity contribution in [1.82, 2.24) is 14.8 Å². The molecule has 1 saturated carbocycles. The summed E-state index contributed by atoms with van der Waals surface area (Å²) in [6.45, 7) is 2.69. The Hall–Kier alpha value is -2.89. The van der Waals surface area contributed by atoms with E-state index in [1.165, 1.54) is 12.8 Å². The average molecular weight is 336 g/mol. The molecule has 1 N–H and O–H groups in total. The van der Waals surface area contributed by atoms with Gasteiger partial charge in [0, 0.05) is 18.0 Å². The smallest absolute Gasteiger partial charge is 0.255 e. The van der Waals surface area contributed by atoms with Crippen LogP contribution in [-0.4, -0.2) is 27.3 Å². The standard InChI is InChI=1S/C19H20N4O2/c1-12-17-9-15(10-20-18(17)23(2)22-12)21-19(24)14-5-7-16(8-6-14)25-11-13-3-4-13/h5-10,13H,3-4,11H2,1-2H3,(H,21,24). The maximum absolute atomic E-state index is 12.4. The number of fused-ring (bicyclic) bond motifs is 1. The first-order valence-electron chi connectivity index (χ1n) is 8.44. The van der Waals surface area contributed by atoms with Crippen LogP contribution in [-0.2, 0) is 7.05 Å². The molecule has 0 aliphatic heterocycles. The fourth-order valence-corrected chi connectivity index (χ4v) is 2.78. The van der Waals surface area contributed by atoms with Crippen molar-refractivity contribution in [2.45, 2.75) is 19.8 Å². The maximum Gasteiger partial charge on any atom is 0.255 e. The van der Waals surface area contributed by atoms with Crippen molar-refractivity contribution >= 4 is 22.6 Å². The second-order valence-electron chi connectivity index (χ2n) is 6.54. The molecule has 0 atom stereocenters. The Morgan fingerprint density at radius 1 is 1.32 bits per heavy atom. The number of benzene rings is 1. The van der Waals surface area contributed by atoms with Gasteiger partial charge in [0.05, 0.1) is 24.2 Å². The number of carbonyl (C=O) groups is 1. The number of carbonyl (C=O) groups excluding carboxylic acids is 1. The van der Waals surface area contributed by atoms with E-state index in [9.17, 15) is 4.79 Å². The molecule has 3 aromatic rings. The molecule has 0 saturated heterocycles. The molecular weight excluding hydrogens is 316 g/mol. The third-order valence-corrected chi connectivity index (χ3v) is 4.42. The molecule has 0 unspecified atom stereocenters. The van der Waals surface area contributed by atoms with Crippen LogP contribution in [0.3, 0.4) is 0 Å². The fraction of sp³-hybridized carbons (Fsp3) is 0.316. The maximum atomic E-state index is 12.4. The van der Waals surface area contributed by atoms with E-state index >= 15 is 0 Å². The number of pyridine rings is 1. The van der Waals surface area contributed by atoms with Gasteiger partial charge < -0.3 is 10.1 Å². The van der Waals surface area contributed by atoms with Crippen molar-refractivity contribution in [3.05, 3.63) is 47.8 Å². The Kier molecular flexibility index (Phi) is 3.87. The van der Waals surface area contributed by atoms with E-state index in [0.29, 0.717) is 17.2 Å². The van der Waals surface area contributed by atoms with E-state index in [2.05, 4.69) is 15.4 Å². The second-order valence-corrected chi connectivity index (χ2v) is 6.54. The molecule has 6 nitrogen and oxygen atoms in total. The molecule has 1 aliphatic carbocycles. The van der Waals surface area contributed by atoms with Crippen LogP contribution >= 0.6 is 0 Å². The van der Waals surface area contributed by atoms with Gasteiger partial charge in [-0.2, -0.15) is 5.10 Å². The lowest BCUT2D eigenvalue weighted by molar-refractivity contribution is 0.102. The first-order valence-corrected chi connectivity index (χ1v) is 8.44. The van der Waals surface area contributed by atoms with Crippen molar-refractivity contribution in [2.24, 2.45) is 13.0 Å². The third kappa shape index (κ3) is 3.33. The quantitative estimate of drug-likeness (QED) is 0.776. The highest BCUT2D eigenvalue weighted by Gasteiger charge is 2.21. The van der Waals surface area contributed by atoms with E-state index in [-0.39, 0.29) is 5.91 Å². The lowest BCUT2D eigenvalue weighted by atomic mass is 10.2. The topological polar surface area (TPSA) is 69.0 Å². The molecular formula is C19H20N4O2. The number of hydrogen-bond donors (Lipinski definition) is 1. The summed E-state index contributed by atoms with van der Waals surface area (Å²) in [6.07, 6.45) is 4.17. The van der Waals surface area contributed by atoms with Crippen LogP contribution in [0.4, 0.5) is 5.69 Å². The summed E-state index contributed by atoms with van der Waals surface area (Å²) in [5.74, 6) is 1.34. The van der Waals surface area contributed by atoms with Gasteiger partial charge in [-0.15, -0.1) is 0 Å². The number of nitrogens with one attached hydrogen (secondary N) is 1. The van der Waals surface area contributed by atoms with Crippen molar-refractivity contribution in [2.75, 3.05) is 11.9 Å². The third-order valence-electron chi connectivity index (χ3n) is 4.42. The summed E-state index contributed by atoms with van der Waals surface area (Å²) in [5.41, 5.74) is 2.93. The number of aromatic nitrogens is 3. The van der Waals surface area contributed by atoms with Crippen molar-refractivity contribution in [3.63, 3.8) is 0 Å². The number of amides is 1. The average Bonchev–Trinajstić information content (AvgIpc) is 3.40. The van der Waals surface area contributed by atoms with Gasteiger partial charge in [-0.1, -0.05) is 0 Å². The van der Waals surface area contributed by atoms with E-state index in [1.807, 2.05) is 32.2 Å². The molecule has 2 heterocycles. The minimum absolute atomic E-state index is 0.170. The summed E-state index contributed by atoms with van der Waals surface area (Å²) in [4.78, 5) is 16.8. The van der Waals surface area contributed by atoms with Crippen LogP contribution in [0.1, 0.15) is 28.9 Å². The number of nitrogens with zero attached hydrogens (tertiary/aromatic N) is 3. The van der Waals surface area contributed by atoms with Crippen LogP contribution in [0, 0.1) is 12.8 Å². The van der Waals surface area contributed by atoms with Crippen molar-refractivity contribution in [3.8, 4) is 5.75 Å². The molecule has 0 bridgehead atoms. The van der Waals surface area contributed by atoms with Crippen molar-refractivity contribution in [1.29, 1.82) is 0 Å². The van der Waals surface area contributed by atoms with Gasteiger partial charge in [0.25, 0.3) is 5.91 Å². The minimum Gasteiger partial charge on any atom is -0.493 e. The summed E-state index contributed by atoms with van der Waals surface area (Å²) in [7, 11) is 1.85. The zero-order chi connectivity index (χ0) is 17.4. The number of rotatable bonds is 5. The molecule has 1 fully saturated rings. The Labute approximate surface area is 145 Å². The number of aryl methyl sites for hydroxylation is 2. The number of hydrogen-bond acceptors (Lipinski definition) is 4. The van der Waals surface area contributed by atoms with Crippen LogP contribution in [0.25, 0.3) is 11.0 Å². The minimum atomic E-state index is -0.170. The fourth-order valence-electron chi connectivity index (χ4n) is 2.78. The predicted octanol–water partition coefficient (Wildman–Crippen LogP) is 3.32. The summed E-state index contributed by atoms with van der Waals surface area (Å²) < 4.78 is 7.43. The van der Waals surface area contributed by atoms with Gasteiger partial charge in [-0.25, -0.2) is 4.98 Å². The second kappa shape index (κ2) is 6.20. The molecule has 0 spiro atoms. The lowest BCUT2D eigenvalue weighted by Gasteiger charge is -2.08. The number of ether oxygens (including phenoxy) is 1. The first kappa shape index (κ1) is 15.6. The highest BCUT2D eigenvalue weighted by atomic mass is 16.5. The van der Waals surface area contributed by atoms with E-state index in [1.54, 1.807) is 23.0 Å².